The Hall–Kier alpha value is -3.48. The van der Waals surface area contributed by atoms with Crippen LogP contribution in [-0.2, 0) is 6.42 Å². The maximum Gasteiger partial charge on any atom is 0.319 e. The number of rotatable bonds is 6. The Bertz CT molecular complexity index is 829. The number of nitrogens with one attached hydrogen (secondary N) is 3. The van der Waals surface area contributed by atoms with Crippen LogP contribution < -0.4 is 21.1 Å². The number of methoxy groups -OCH3 is 1. The minimum absolute atomic E-state index is 0.226. The monoisotopic (exact) mass is 351 g/mol. The number of nitrogen functional groups attached to an aromatic ring is 1. The first-order valence-electron chi connectivity index (χ1n) is 8.18. The zero-order chi connectivity index (χ0) is 18.4. The molecule has 0 saturated heterocycles. The number of aromatic amines is 1. The normalized spacial score (nSPS) is 11.6. The second-order valence-electron chi connectivity index (χ2n) is 5.86. The molecule has 0 bridgehead atoms. The average molecular weight is 351 g/mol. The van der Waals surface area contributed by atoms with Gasteiger partial charge in [-0.1, -0.05) is 12.1 Å². The fourth-order valence-electron chi connectivity index (χ4n) is 2.59. The summed E-state index contributed by atoms with van der Waals surface area (Å²) in [6.07, 6.45) is 4.11. The standard InChI is InChI=1S/C19H21N5O2/c1-26-17-8-2-13(3-9-17)10-18(14-11-21-22-12-14)24-19(25)23-16-6-4-15(20)5-7-16/h2-9,11-12,18H,10,20H2,1H3,(H,21,22)(H2,23,24,25). The predicted octanol–water partition coefficient (Wildman–Crippen LogP) is 3.11. The summed E-state index contributed by atoms with van der Waals surface area (Å²) < 4.78 is 5.18. The van der Waals surface area contributed by atoms with Crippen LogP contribution in [0.25, 0.3) is 0 Å². The van der Waals surface area contributed by atoms with E-state index in [2.05, 4.69) is 20.8 Å². The maximum atomic E-state index is 12.4. The first-order chi connectivity index (χ1) is 12.6. The van der Waals surface area contributed by atoms with Gasteiger partial charge in [-0.25, -0.2) is 4.79 Å². The van der Waals surface area contributed by atoms with E-state index in [1.54, 1.807) is 43.8 Å². The molecule has 2 aromatic carbocycles. The third-order valence-electron chi connectivity index (χ3n) is 3.99. The molecule has 1 atom stereocenters. The number of nitrogens with two attached hydrogens (primary N) is 1. The van der Waals surface area contributed by atoms with E-state index in [4.69, 9.17) is 10.5 Å². The Morgan fingerprint density at radius 1 is 1.19 bits per heavy atom. The van der Waals surface area contributed by atoms with Gasteiger partial charge in [-0.15, -0.1) is 0 Å². The van der Waals surface area contributed by atoms with Gasteiger partial charge in [-0.3, -0.25) is 5.10 Å². The molecule has 1 unspecified atom stereocenters. The van der Waals surface area contributed by atoms with E-state index in [9.17, 15) is 4.79 Å². The van der Waals surface area contributed by atoms with Crippen LogP contribution in [0.5, 0.6) is 5.75 Å². The number of hydrogen-bond acceptors (Lipinski definition) is 4. The topological polar surface area (TPSA) is 105 Å². The third-order valence-corrected chi connectivity index (χ3v) is 3.99. The summed E-state index contributed by atoms with van der Waals surface area (Å²) in [6.45, 7) is 0. The van der Waals surface area contributed by atoms with E-state index >= 15 is 0 Å². The summed E-state index contributed by atoms with van der Waals surface area (Å²) in [4.78, 5) is 12.4. The number of urea groups is 1. The third kappa shape index (κ3) is 4.54. The smallest absolute Gasteiger partial charge is 0.319 e. The van der Waals surface area contributed by atoms with Gasteiger partial charge in [0.15, 0.2) is 0 Å². The Labute approximate surface area is 151 Å². The number of nitrogens with zero attached hydrogens (tertiary/aromatic N) is 1. The maximum absolute atomic E-state index is 12.4. The second-order valence-corrected chi connectivity index (χ2v) is 5.86. The van der Waals surface area contributed by atoms with Gasteiger partial charge in [-0.2, -0.15) is 5.10 Å². The number of aromatic nitrogens is 2. The molecule has 7 nitrogen and oxygen atoms in total. The Morgan fingerprint density at radius 3 is 2.54 bits per heavy atom. The van der Waals surface area contributed by atoms with Gasteiger partial charge in [0.1, 0.15) is 5.75 Å². The van der Waals surface area contributed by atoms with Gasteiger partial charge < -0.3 is 21.1 Å². The lowest BCUT2D eigenvalue weighted by Crippen LogP contribution is -2.33. The van der Waals surface area contributed by atoms with Crippen LogP contribution in [0.15, 0.2) is 60.9 Å². The molecule has 1 heterocycles. The fraction of sp³-hybridized carbons (Fsp3) is 0.158. The van der Waals surface area contributed by atoms with Gasteiger partial charge >= 0.3 is 6.03 Å². The van der Waals surface area contributed by atoms with Gasteiger partial charge in [-0.05, 0) is 48.4 Å². The summed E-state index contributed by atoms with van der Waals surface area (Å²) in [7, 11) is 1.63. The molecule has 26 heavy (non-hydrogen) atoms. The Kier molecular flexibility index (Phi) is 5.38. The minimum atomic E-state index is -0.297. The SMILES string of the molecule is COc1ccc(CC(NC(=O)Nc2ccc(N)cc2)c2cn[nH]c2)cc1. The predicted molar refractivity (Wildman–Crippen MR) is 101 cm³/mol. The molecule has 5 N–H and O–H groups in total. The van der Waals surface area contributed by atoms with Crippen molar-refractivity contribution < 1.29 is 9.53 Å². The lowest BCUT2D eigenvalue weighted by Gasteiger charge is -2.18. The number of amides is 2. The first-order valence-corrected chi connectivity index (χ1v) is 8.18. The molecule has 0 spiro atoms. The number of anilines is 2. The van der Waals surface area contributed by atoms with Crippen molar-refractivity contribution in [1.29, 1.82) is 0 Å². The molecule has 0 aliphatic heterocycles. The molecule has 0 aliphatic carbocycles. The van der Waals surface area contributed by atoms with Crippen LogP contribution in [0.1, 0.15) is 17.2 Å². The van der Waals surface area contributed by atoms with Crippen molar-refractivity contribution in [3.63, 3.8) is 0 Å². The Balaban J connectivity index is 1.69. The highest BCUT2D eigenvalue weighted by molar-refractivity contribution is 5.89. The molecule has 1 aromatic heterocycles. The average Bonchev–Trinajstić information content (AvgIpc) is 3.18. The molecular weight excluding hydrogens is 330 g/mol. The van der Waals surface area contributed by atoms with Gasteiger partial charge in [0.2, 0.25) is 0 Å². The van der Waals surface area contributed by atoms with Gasteiger partial charge in [0.05, 0.1) is 19.3 Å². The Morgan fingerprint density at radius 2 is 1.92 bits per heavy atom. The van der Waals surface area contributed by atoms with E-state index in [0.29, 0.717) is 17.8 Å². The lowest BCUT2D eigenvalue weighted by molar-refractivity contribution is 0.248. The second kappa shape index (κ2) is 8.06. The van der Waals surface area contributed by atoms with Crippen molar-refractivity contribution in [3.05, 3.63) is 72.1 Å². The van der Waals surface area contributed by atoms with Crippen LogP contribution in [0.3, 0.4) is 0 Å². The summed E-state index contributed by atoms with van der Waals surface area (Å²) in [5.41, 5.74) is 8.95. The van der Waals surface area contributed by atoms with E-state index in [1.165, 1.54) is 0 Å². The van der Waals surface area contributed by atoms with Crippen LogP contribution in [0.4, 0.5) is 16.2 Å². The molecule has 3 aromatic rings. The molecule has 3 rings (SSSR count). The lowest BCUT2D eigenvalue weighted by atomic mass is 10.0. The van der Waals surface area contributed by atoms with Crippen LogP contribution >= 0.6 is 0 Å². The highest BCUT2D eigenvalue weighted by atomic mass is 16.5. The molecule has 134 valence electrons. The van der Waals surface area contributed by atoms with E-state index in [1.807, 2.05) is 24.3 Å². The number of hydrogen-bond donors (Lipinski definition) is 4. The summed E-state index contributed by atoms with van der Waals surface area (Å²) in [6, 6.07) is 14.2. The van der Waals surface area contributed by atoms with E-state index < -0.39 is 0 Å². The van der Waals surface area contributed by atoms with Gasteiger partial charge in [0, 0.05) is 23.1 Å². The van der Waals surface area contributed by atoms with Crippen LogP contribution in [0.2, 0.25) is 0 Å². The first kappa shape index (κ1) is 17.3. The molecule has 0 saturated carbocycles. The molecule has 0 aliphatic rings. The van der Waals surface area contributed by atoms with Crippen molar-refractivity contribution in [1.82, 2.24) is 15.5 Å². The van der Waals surface area contributed by atoms with Crippen LogP contribution in [0, 0.1) is 0 Å². The van der Waals surface area contributed by atoms with E-state index in [0.717, 1.165) is 16.9 Å². The molecule has 0 radical (unpaired) electrons. The number of ether oxygens (including phenoxy) is 1. The van der Waals surface area contributed by atoms with Crippen molar-refractivity contribution in [2.75, 3.05) is 18.2 Å². The van der Waals surface area contributed by atoms with Crippen molar-refractivity contribution in [2.24, 2.45) is 0 Å². The molecular formula is C19H21N5O2. The summed E-state index contributed by atoms with van der Waals surface area (Å²) in [5.74, 6) is 0.794. The minimum Gasteiger partial charge on any atom is -0.497 e. The number of carbonyl (C=O) groups excluding carboxylic acids is 1. The molecule has 7 heteroatoms. The van der Waals surface area contributed by atoms with Crippen molar-refractivity contribution >= 4 is 17.4 Å². The van der Waals surface area contributed by atoms with Crippen molar-refractivity contribution in [2.45, 2.75) is 12.5 Å². The summed E-state index contributed by atoms with van der Waals surface area (Å²) >= 11 is 0. The number of carbonyl (C=O) groups is 1. The fourth-order valence-corrected chi connectivity index (χ4v) is 2.59. The van der Waals surface area contributed by atoms with E-state index in [-0.39, 0.29) is 12.1 Å². The highest BCUT2D eigenvalue weighted by Gasteiger charge is 2.16. The number of H-pyrrole nitrogens is 1. The summed E-state index contributed by atoms with van der Waals surface area (Å²) in [5, 5.41) is 12.6. The quantitative estimate of drug-likeness (QED) is 0.512. The number of benzene rings is 2. The highest BCUT2D eigenvalue weighted by Crippen LogP contribution is 2.20. The largest absolute Gasteiger partial charge is 0.497 e. The molecule has 0 fully saturated rings. The van der Waals surface area contributed by atoms with Crippen molar-refractivity contribution in [3.8, 4) is 5.75 Å². The van der Waals surface area contributed by atoms with Gasteiger partial charge in [0.25, 0.3) is 0 Å². The van der Waals surface area contributed by atoms with Crippen LogP contribution in [-0.4, -0.2) is 23.3 Å². The zero-order valence-corrected chi connectivity index (χ0v) is 14.4. The zero-order valence-electron chi connectivity index (χ0n) is 14.4. The molecule has 2 amide bonds.